The standard InChI is InChI=1S/C13H19Br2N3/c1-16-7-10-2-4-18(5-3-10)9-13-12(15)6-11(14)8-17-13/h6,8,10,16H,2-5,7,9H2,1H3. The minimum atomic E-state index is 0.840. The van der Waals surface area contributed by atoms with Gasteiger partial charge < -0.3 is 5.32 Å². The summed E-state index contributed by atoms with van der Waals surface area (Å²) in [6.07, 6.45) is 4.44. The van der Waals surface area contributed by atoms with Crippen LogP contribution in [0.5, 0.6) is 0 Å². The SMILES string of the molecule is CNCC1CCN(Cc2ncc(Br)cc2Br)CC1. The highest BCUT2D eigenvalue weighted by Gasteiger charge is 2.19. The second-order valence-corrected chi connectivity index (χ2v) is 6.63. The summed E-state index contributed by atoms with van der Waals surface area (Å²) in [4.78, 5) is 6.97. The second-order valence-electron chi connectivity index (χ2n) is 4.86. The summed E-state index contributed by atoms with van der Waals surface area (Å²) in [7, 11) is 2.04. The summed E-state index contributed by atoms with van der Waals surface area (Å²) >= 11 is 7.02. The van der Waals surface area contributed by atoms with Crippen LogP contribution < -0.4 is 5.32 Å². The van der Waals surface area contributed by atoms with Crippen molar-refractivity contribution in [3.8, 4) is 0 Å². The fraction of sp³-hybridized carbons (Fsp3) is 0.615. The normalized spacial score (nSPS) is 18.2. The van der Waals surface area contributed by atoms with E-state index in [1.54, 1.807) is 0 Å². The molecule has 1 aromatic heterocycles. The zero-order valence-corrected chi connectivity index (χ0v) is 13.8. The summed E-state index contributed by atoms with van der Waals surface area (Å²) in [6, 6.07) is 2.07. The van der Waals surface area contributed by atoms with Gasteiger partial charge in [0.05, 0.1) is 5.69 Å². The lowest BCUT2D eigenvalue weighted by Gasteiger charge is -2.31. The number of pyridine rings is 1. The smallest absolute Gasteiger partial charge is 0.0686 e. The third-order valence-electron chi connectivity index (χ3n) is 3.46. The summed E-state index contributed by atoms with van der Waals surface area (Å²) in [5.74, 6) is 0.840. The van der Waals surface area contributed by atoms with Crippen molar-refractivity contribution in [1.29, 1.82) is 0 Å². The first-order valence-electron chi connectivity index (χ1n) is 6.36. The topological polar surface area (TPSA) is 28.2 Å². The Morgan fingerprint density at radius 2 is 2.11 bits per heavy atom. The van der Waals surface area contributed by atoms with Crippen LogP contribution in [0.4, 0.5) is 0 Å². The number of likely N-dealkylation sites (tertiary alicyclic amines) is 1. The lowest BCUT2D eigenvalue weighted by atomic mass is 9.97. The Balaban J connectivity index is 1.87. The zero-order chi connectivity index (χ0) is 13.0. The van der Waals surface area contributed by atoms with Crippen molar-refractivity contribution >= 4 is 31.9 Å². The minimum absolute atomic E-state index is 0.840. The van der Waals surface area contributed by atoms with Crippen LogP contribution >= 0.6 is 31.9 Å². The van der Waals surface area contributed by atoms with E-state index in [1.165, 1.54) is 25.9 Å². The van der Waals surface area contributed by atoms with Gasteiger partial charge in [-0.25, -0.2) is 0 Å². The van der Waals surface area contributed by atoms with Gasteiger partial charge in [0.25, 0.3) is 0 Å². The average molecular weight is 377 g/mol. The van der Waals surface area contributed by atoms with Crippen LogP contribution in [0.25, 0.3) is 0 Å². The molecule has 0 unspecified atom stereocenters. The molecule has 2 rings (SSSR count). The highest BCUT2D eigenvalue weighted by Crippen LogP contribution is 2.23. The Morgan fingerprint density at radius 1 is 1.39 bits per heavy atom. The molecular weight excluding hydrogens is 358 g/mol. The van der Waals surface area contributed by atoms with E-state index in [0.717, 1.165) is 33.6 Å². The Hall–Kier alpha value is 0.0300. The molecule has 1 N–H and O–H groups in total. The molecule has 3 nitrogen and oxygen atoms in total. The van der Waals surface area contributed by atoms with Crippen LogP contribution in [0.3, 0.4) is 0 Å². The highest BCUT2D eigenvalue weighted by molar-refractivity contribution is 9.11. The van der Waals surface area contributed by atoms with Crippen LogP contribution in [0, 0.1) is 5.92 Å². The van der Waals surface area contributed by atoms with E-state index in [1.807, 2.05) is 13.2 Å². The molecule has 0 spiro atoms. The largest absolute Gasteiger partial charge is 0.319 e. The molecule has 0 atom stereocenters. The maximum Gasteiger partial charge on any atom is 0.0686 e. The predicted molar refractivity (Wildman–Crippen MR) is 81.6 cm³/mol. The van der Waals surface area contributed by atoms with Gasteiger partial charge in [-0.1, -0.05) is 0 Å². The summed E-state index contributed by atoms with van der Waals surface area (Å²) in [6.45, 7) is 4.45. The van der Waals surface area contributed by atoms with Crippen LogP contribution in [0.1, 0.15) is 18.5 Å². The number of piperidine rings is 1. The fourth-order valence-corrected chi connectivity index (χ4v) is 3.52. The minimum Gasteiger partial charge on any atom is -0.319 e. The summed E-state index contributed by atoms with van der Waals surface area (Å²) in [5, 5.41) is 3.27. The maximum atomic E-state index is 4.48. The van der Waals surface area contributed by atoms with Gasteiger partial charge in [-0.3, -0.25) is 9.88 Å². The van der Waals surface area contributed by atoms with E-state index in [0.29, 0.717) is 0 Å². The van der Waals surface area contributed by atoms with Crippen molar-refractivity contribution in [3.63, 3.8) is 0 Å². The molecule has 1 saturated heterocycles. The molecule has 1 aliphatic heterocycles. The number of rotatable bonds is 4. The Labute approximate surface area is 126 Å². The molecule has 0 amide bonds. The molecule has 1 fully saturated rings. The first-order chi connectivity index (χ1) is 8.69. The van der Waals surface area contributed by atoms with Crippen LogP contribution in [0.2, 0.25) is 0 Å². The quantitative estimate of drug-likeness (QED) is 0.875. The lowest BCUT2D eigenvalue weighted by molar-refractivity contribution is 0.175. The third kappa shape index (κ3) is 4.02. The monoisotopic (exact) mass is 375 g/mol. The Morgan fingerprint density at radius 3 is 2.72 bits per heavy atom. The van der Waals surface area contributed by atoms with Crippen molar-refractivity contribution in [3.05, 3.63) is 26.9 Å². The number of aromatic nitrogens is 1. The average Bonchev–Trinajstić information content (AvgIpc) is 2.35. The molecule has 2 heterocycles. The molecule has 0 saturated carbocycles. The van der Waals surface area contributed by atoms with Gasteiger partial charge in [0.15, 0.2) is 0 Å². The second kappa shape index (κ2) is 6.98. The summed E-state index contributed by atoms with van der Waals surface area (Å²) in [5.41, 5.74) is 1.13. The van der Waals surface area contributed by atoms with Gasteiger partial charge in [-0.15, -0.1) is 0 Å². The molecular formula is C13H19Br2N3. The molecule has 100 valence electrons. The molecule has 0 bridgehead atoms. The predicted octanol–water partition coefficient (Wildman–Crippen LogP) is 3.04. The zero-order valence-electron chi connectivity index (χ0n) is 10.6. The highest BCUT2D eigenvalue weighted by atomic mass is 79.9. The van der Waals surface area contributed by atoms with E-state index >= 15 is 0 Å². The van der Waals surface area contributed by atoms with Crippen LogP contribution in [-0.4, -0.2) is 36.6 Å². The molecule has 5 heteroatoms. The third-order valence-corrected chi connectivity index (χ3v) is 4.58. The molecule has 18 heavy (non-hydrogen) atoms. The van der Waals surface area contributed by atoms with Crippen LogP contribution in [0.15, 0.2) is 21.2 Å². The van der Waals surface area contributed by atoms with Gasteiger partial charge >= 0.3 is 0 Å². The van der Waals surface area contributed by atoms with E-state index in [4.69, 9.17) is 0 Å². The number of hydrogen-bond acceptors (Lipinski definition) is 3. The fourth-order valence-electron chi connectivity index (χ4n) is 2.41. The van der Waals surface area contributed by atoms with Crippen LogP contribution in [-0.2, 0) is 6.54 Å². The van der Waals surface area contributed by atoms with Crippen molar-refractivity contribution in [1.82, 2.24) is 15.2 Å². The van der Waals surface area contributed by atoms with E-state index in [9.17, 15) is 0 Å². The Kier molecular flexibility index (Phi) is 5.60. The number of nitrogens with one attached hydrogen (secondary N) is 1. The van der Waals surface area contributed by atoms with E-state index in [-0.39, 0.29) is 0 Å². The summed E-state index contributed by atoms with van der Waals surface area (Å²) < 4.78 is 2.11. The van der Waals surface area contributed by atoms with Crippen molar-refractivity contribution in [2.45, 2.75) is 19.4 Å². The molecule has 0 aliphatic carbocycles. The number of hydrogen-bond donors (Lipinski definition) is 1. The maximum absolute atomic E-state index is 4.48. The molecule has 0 radical (unpaired) electrons. The van der Waals surface area contributed by atoms with Gasteiger partial charge in [0.2, 0.25) is 0 Å². The Bertz CT molecular complexity index is 390. The van der Waals surface area contributed by atoms with Crippen molar-refractivity contribution < 1.29 is 0 Å². The lowest BCUT2D eigenvalue weighted by Crippen LogP contribution is -2.36. The van der Waals surface area contributed by atoms with Gasteiger partial charge in [0.1, 0.15) is 0 Å². The van der Waals surface area contributed by atoms with Gasteiger partial charge in [-0.2, -0.15) is 0 Å². The van der Waals surface area contributed by atoms with Crippen molar-refractivity contribution in [2.75, 3.05) is 26.7 Å². The molecule has 1 aliphatic rings. The molecule has 0 aromatic carbocycles. The van der Waals surface area contributed by atoms with Gasteiger partial charge in [-0.05, 0) is 83.4 Å². The first kappa shape index (κ1) is 14.4. The van der Waals surface area contributed by atoms with E-state index in [2.05, 4.69) is 53.1 Å². The van der Waals surface area contributed by atoms with Crippen molar-refractivity contribution in [2.24, 2.45) is 5.92 Å². The number of nitrogens with zero attached hydrogens (tertiary/aromatic N) is 2. The van der Waals surface area contributed by atoms with Gasteiger partial charge in [0, 0.05) is 21.7 Å². The molecule has 1 aromatic rings. The van der Waals surface area contributed by atoms with E-state index < -0.39 is 0 Å². The first-order valence-corrected chi connectivity index (χ1v) is 7.94. The number of halogens is 2.